The highest BCUT2D eigenvalue weighted by atomic mass is 16.4. The molecule has 1 rings (SSSR count). The highest BCUT2D eigenvalue weighted by molar-refractivity contribution is 5.75. The van der Waals surface area contributed by atoms with Crippen LogP contribution in [0.15, 0.2) is 30.3 Å². The summed E-state index contributed by atoms with van der Waals surface area (Å²) in [6.45, 7) is 2.66. The van der Waals surface area contributed by atoms with E-state index in [1.165, 1.54) is 0 Å². The summed E-state index contributed by atoms with van der Waals surface area (Å²) in [5.74, 6) is -0.805. The van der Waals surface area contributed by atoms with Gasteiger partial charge in [0.25, 0.3) is 0 Å². The Morgan fingerprint density at radius 1 is 1.43 bits per heavy atom. The van der Waals surface area contributed by atoms with Gasteiger partial charge in [-0.3, -0.25) is 9.69 Å². The van der Waals surface area contributed by atoms with E-state index in [0.29, 0.717) is 6.54 Å². The minimum absolute atomic E-state index is 0.541. The van der Waals surface area contributed by atoms with E-state index >= 15 is 0 Å². The van der Waals surface area contributed by atoms with Gasteiger partial charge in [0.05, 0.1) is 0 Å². The molecule has 0 aliphatic rings. The van der Waals surface area contributed by atoms with Crippen LogP contribution in [-0.2, 0) is 4.79 Å². The summed E-state index contributed by atoms with van der Waals surface area (Å²) >= 11 is 0. The van der Waals surface area contributed by atoms with E-state index in [4.69, 9.17) is 5.11 Å². The SMILES string of the molecule is CCN(C)[C@@H](C(=O)O)c1ccccc1. The number of likely N-dealkylation sites (N-methyl/N-ethyl adjacent to an activating group) is 1. The summed E-state index contributed by atoms with van der Waals surface area (Å²) in [7, 11) is 1.81. The van der Waals surface area contributed by atoms with Crippen LogP contribution < -0.4 is 0 Å². The molecule has 1 atom stereocenters. The van der Waals surface area contributed by atoms with E-state index in [1.807, 2.05) is 44.3 Å². The second kappa shape index (κ2) is 4.77. The van der Waals surface area contributed by atoms with Crippen LogP contribution in [0.3, 0.4) is 0 Å². The topological polar surface area (TPSA) is 40.5 Å². The standard InChI is InChI=1S/C11H15NO2/c1-3-12(2)10(11(13)14)9-7-5-4-6-8-9/h4-8,10H,3H2,1-2H3,(H,13,14)/t10-/m1/s1. The molecule has 1 aromatic rings. The van der Waals surface area contributed by atoms with Gasteiger partial charge < -0.3 is 5.11 Å². The zero-order valence-electron chi connectivity index (χ0n) is 8.47. The van der Waals surface area contributed by atoms with Crippen LogP contribution >= 0.6 is 0 Å². The molecule has 0 heterocycles. The maximum atomic E-state index is 11.1. The first kappa shape index (κ1) is 10.7. The van der Waals surface area contributed by atoms with Crippen molar-refractivity contribution >= 4 is 5.97 Å². The normalized spacial score (nSPS) is 12.8. The maximum absolute atomic E-state index is 11.1. The average molecular weight is 193 g/mol. The molecule has 0 aliphatic carbocycles. The predicted molar refractivity (Wildman–Crippen MR) is 55.1 cm³/mol. The van der Waals surface area contributed by atoms with Crippen molar-refractivity contribution in [1.82, 2.24) is 4.90 Å². The van der Waals surface area contributed by atoms with Crippen LogP contribution in [0.25, 0.3) is 0 Å². The Kier molecular flexibility index (Phi) is 3.65. The molecule has 1 N–H and O–H groups in total. The lowest BCUT2D eigenvalue weighted by atomic mass is 10.1. The van der Waals surface area contributed by atoms with E-state index in [1.54, 1.807) is 4.90 Å². The summed E-state index contributed by atoms with van der Waals surface area (Å²) < 4.78 is 0. The van der Waals surface area contributed by atoms with Gasteiger partial charge in [0.2, 0.25) is 0 Å². The van der Waals surface area contributed by atoms with Crippen molar-refractivity contribution in [2.24, 2.45) is 0 Å². The first-order valence-corrected chi connectivity index (χ1v) is 4.64. The van der Waals surface area contributed by atoms with Crippen LogP contribution in [0.1, 0.15) is 18.5 Å². The molecule has 0 bridgehead atoms. The zero-order chi connectivity index (χ0) is 10.6. The molecule has 0 aromatic heterocycles. The van der Waals surface area contributed by atoms with Gasteiger partial charge in [-0.05, 0) is 19.2 Å². The Labute approximate surface area is 84.0 Å². The van der Waals surface area contributed by atoms with Crippen molar-refractivity contribution in [3.8, 4) is 0 Å². The second-order valence-corrected chi connectivity index (χ2v) is 3.22. The Morgan fingerprint density at radius 3 is 2.43 bits per heavy atom. The van der Waals surface area contributed by atoms with Crippen LogP contribution in [0.4, 0.5) is 0 Å². The highest BCUT2D eigenvalue weighted by Gasteiger charge is 2.22. The molecule has 14 heavy (non-hydrogen) atoms. The highest BCUT2D eigenvalue weighted by Crippen LogP contribution is 2.18. The van der Waals surface area contributed by atoms with Gasteiger partial charge in [-0.1, -0.05) is 37.3 Å². The Bertz CT molecular complexity index is 297. The minimum Gasteiger partial charge on any atom is -0.480 e. The minimum atomic E-state index is -0.805. The van der Waals surface area contributed by atoms with E-state index in [0.717, 1.165) is 5.56 Å². The number of hydrogen-bond acceptors (Lipinski definition) is 2. The summed E-state index contributed by atoms with van der Waals surface area (Å²) in [4.78, 5) is 12.9. The molecule has 0 amide bonds. The third kappa shape index (κ3) is 2.33. The molecule has 1 aromatic carbocycles. The number of aliphatic carboxylic acids is 1. The molecule has 0 spiro atoms. The summed E-state index contributed by atoms with van der Waals surface area (Å²) in [6.07, 6.45) is 0. The zero-order valence-corrected chi connectivity index (χ0v) is 8.47. The predicted octanol–water partition coefficient (Wildman–Crippen LogP) is 1.76. The number of carboxylic acids is 1. The fourth-order valence-corrected chi connectivity index (χ4v) is 1.40. The fourth-order valence-electron chi connectivity index (χ4n) is 1.40. The second-order valence-electron chi connectivity index (χ2n) is 3.22. The Balaban J connectivity index is 2.95. The molecule has 0 unspecified atom stereocenters. The van der Waals surface area contributed by atoms with Crippen molar-refractivity contribution in [3.05, 3.63) is 35.9 Å². The molecule has 0 saturated carbocycles. The van der Waals surface area contributed by atoms with Gasteiger partial charge in [-0.15, -0.1) is 0 Å². The average Bonchev–Trinajstić information content (AvgIpc) is 2.19. The van der Waals surface area contributed by atoms with Gasteiger partial charge in [0.1, 0.15) is 6.04 Å². The van der Waals surface area contributed by atoms with Crippen molar-refractivity contribution in [1.29, 1.82) is 0 Å². The van der Waals surface area contributed by atoms with Gasteiger partial charge in [-0.25, -0.2) is 0 Å². The maximum Gasteiger partial charge on any atom is 0.325 e. The van der Waals surface area contributed by atoms with Gasteiger partial charge >= 0.3 is 5.97 Å². The molecular formula is C11H15NO2. The third-order valence-electron chi connectivity index (χ3n) is 2.29. The number of carboxylic acid groups (broad SMARTS) is 1. The molecule has 0 aliphatic heterocycles. The van der Waals surface area contributed by atoms with E-state index < -0.39 is 12.0 Å². The number of carbonyl (C=O) groups is 1. The summed E-state index contributed by atoms with van der Waals surface area (Å²) in [5.41, 5.74) is 0.823. The smallest absolute Gasteiger partial charge is 0.325 e. The lowest BCUT2D eigenvalue weighted by Gasteiger charge is -2.23. The Hall–Kier alpha value is -1.35. The Morgan fingerprint density at radius 2 is 2.00 bits per heavy atom. The number of benzene rings is 1. The van der Waals surface area contributed by atoms with E-state index in [2.05, 4.69) is 0 Å². The van der Waals surface area contributed by atoms with Gasteiger partial charge in [0.15, 0.2) is 0 Å². The van der Waals surface area contributed by atoms with Crippen molar-refractivity contribution < 1.29 is 9.90 Å². The van der Waals surface area contributed by atoms with E-state index in [9.17, 15) is 4.79 Å². The van der Waals surface area contributed by atoms with E-state index in [-0.39, 0.29) is 0 Å². The third-order valence-corrected chi connectivity index (χ3v) is 2.29. The number of nitrogens with zero attached hydrogens (tertiary/aromatic N) is 1. The van der Waals surface area contributed by atoms with Crippen LogP contribution in [0.2, 0.25) is 0 Å². The van der Waals surface area contributed by atoms with Gasteiger partial charge in [0, 0.05) is 0 Å². The van der Waals surface area contributed by atoms with Crippen molar-refractivity contribution in [2.75, 3.05) is 13.6 Å². The quantitative estimate of drug-likeness (QED) is 0.792. The van der Waals surface area contributed by atoms with Crippen LogP contribution in [0, 0.1) is 0 Å². The lowest BCUT2D eigenvalue weighted by Crippen LogP contribution is -2.30. The monoisotopic (exact) mass is 193 g/mol. The van der Waals surface area contributed by atoms with Crippen LogP contribution in [0.5, 0.6) is 0 Å². The van der Waals surface area contributed by atoms with Crippen molar-refractivity contribution in [3.63, 3.8) is 0 Å². The molecule has 0 fully saturated rings. The molecular weight excluding hydrogens is 178 g/mol. The van der Waals surface area contributed by atoms with Crippen LogP contribution in [-0.4, -0.2) is 29.6 Å². The molecule has 0 saturated heterocycles. The molecule has 3 nitrogen and oxygen atoms in total. The first-order valence-electron chi connectivity index (χ1n) is 4.64. The number of hydrogen-bond donors (Lipinski definition) is 1. The first-order chi connectivity index (χ1) is 6.66. The summed E-state index contributed by atoms with van der Waals surface area (Å²) in [6, 6.07) is 8.73. The van der Waals surface area contributed by atoms with Crippen molar-refractivity contribution in [2.45, 2.75) is 13.0 Å². The molecule has 3 heteroatoms. The fraction of sp³-hybridized carbons (Fsp3) is 0.364. The number of rotatable bonds is 4. The summed E-state index contributed by atoms with van der Waals surface area (Å²) in [5, 5.41) is 9.09. The van der Waals surface area contributed by atoms with Gasteiger partial charge in [-0.2, -0.15) is 0 Å². The largest absolute Gasteiger partial charge is 0.480 e. The molecule has 76 valence electrons. The lowest BCUT2D eigenvalue weighted by molar-refractivity contribution is -0.143. The molecule has 0 radical (unpaired) electrons.